The maximum absolute atomic E-state index is 14.8. The van der Waals surface area contributed by atoms with Crippen molar-refractivity contribution in [2.24, 2.45) is 5.84 Å². The van der Waals surface area contributed by atoms with Gasteiger partial charge in [-0.2, -0.15) is 0 Å². The van der Waals surface area contributed by atoms with Gasteiger partial charge in [0.05, 0.1) is 27.6 Å². The van der Waals surface area contributed by atoms with Crippen molar-refractivity contribution in [3.63, 3.8) is 0 Å². The summed E-state index contributed by atoms with van der Waals surface area (Å²) >= 11 is 1.38. The lowest BCUT2D eigenvalue weighted by Gasteiger charge is -2.12. The van der Waals surface area contributed by atoms with E-state index in [1.165, 1.54) is 11.3 Å². The number of aryl methyl sites for hydroxylation is 2. The first kappa shape index (κ1) is 21.5. The molecule has 3 aromatic heterocycles. The molecule has 4 rings (SSSR count). The lowest BCUT2D eigenvalue weighted by Crippen LogP contribution is -2.13. The van der Waals surface area contributed by atoms with Crippen LogP contribution in [-0.4, -0.2) is 19.9 Å². The van der Waals surface area contributed by atoms with Crippen LogP contribution in [-0.2, 0) is 6.61 Å². The third-order valence-corrected chi connectivity index (χ3v) is 5.73. The fourth-order valence-corrected chi connectivity index (χ4v) is 3.96. The number of nitrogens with two attached hydrogens (primary N) is 2. The Hall–Kier alpha value is -3.70. The molecule has 0 fully saturated rings. The van der Waals surface area contributed by atoms with Crippen molar-refractivity contribution in [2.75, 3.05) is 11.2 Å². The second kappa shape index (κ2) is 8.81. The molecule has 0 aliphatic heterocycles. The van der Waals surface area contributed by atoms with Crippen molar-refractivity contribution < 1.29 is 13.5 Å². The molecule has 5 N–H and O–H groups in total. The molecule has 1 aromatic carbocycles. The van der Waals surface area contributed by atoms with Gasteiger partial charge in [0.25, 0.3) is 0 Å². The Labute approximate surface area is 186 Å². The van der Waals surface area contributed by atoms with E-state index in [-0.39, 0.29) is 29.6 Å². The first-order valence-corrected chi connectivity index (χ1v) is 10.3. The van der Waals surface area contributed by atoms with E-state index in [9.17, 15) is 8.78 Å². The van der Waals surface area contributed by atoms with E-state index in [1.54, 1.807) is 30.6 Å². The number of hydrogen-bond donors (Lipinski definition) is 3. The van der Waals surface area contributed by atoms with Gasteiger partial charge in [-0.05, 0) is 37.6 Å². The molecule has 164 valence electrons. The number of ether oxygens (including phenoxy) is 1. The predicted molar refractivity (Wildman–Crippen MR) is 119 cm³/mol. The number of halogens is 2. The predicted octanol–water partition coefficient (Wildman–Crippen LogP) is 4.00. The van der Waals surface area contributed by atoms with Crippen LogP contribution in [0.15, 0.2) is 36.7 Å². The molecule has 11 heteroatoms. The van der Waals surface area contributed by atoms with Crippen molar-refractivity contribution in [3.05, 3.63) is 64.6 Å². The lowest BCUT2D eigenvalue weighted by molar-refractivity contribution is 0.280. The summed E-state index contributed by atoms with van der Waals surface area (Å²) in [5.41, 5.74) is 9.34. The van der Waals surface area contributed by atoms with Crippen molar-refractivity contribution in [3.8, 4) is 27.8 Å². The van der Waals surface area contributed by atoms with Gasteiger partial charge in [0, 0.05) is 18.0 Å². The molecule has 4 aromatic rings. The smallest absolute Gasteiger partial charge is 0.316 e. The third-order valence-electron chi connectivity index (χ3n) is 4.58. The number of anilines is 2. The third kappa shape index (κ3) is 4.20. The van der Waals surface area contributed by atoms with Crippen LogP contribution in [0.5, 0.6) is 6.01 Å². The standard InChI is InChI=1S/C21H19F2N7OS/c1-10-7-26-21(27-8-10)31-9-16-28-11(2)20(32-16)15-5-3-4-14(29-15)12-6-13(22)18(24)19(30-25)17(12)23/h3-8,30H,9,24-25H2,1-2H3. The van der Waals surface area contributed by atoms with E-state index in [4.69, 9.17) is 16.3 Å². The van der Waals surface area contributed by atoms with E-state index >= 15 is 0 Å². The molecule has 0 bridgehead atoms. The van der Waals surface area contributed by atoms with Gasteiger partial charge in [-0.25, -0.2) is 28.7 Å². The molecule has 0 saturated carbocycles. The first-order valence-electron chi connectivity index (χ1n) is 9.47. The molecule has 0 radical (unpaired) electrons. The number of hydrazine groups is 1. The molecule has 0 spiro atoms. The summed E-state index contributed by atoms with van der Waals surface area (Å²) in [4.78, 5) is 18.0. The molecule has 0 saturated heterocycles. The van der Waals surface area contributed by atoms with Crippen molar-refractivity contribution >= 4 is 22.7 Å². The number of thiazole rings is 1. The molecule has 0 unspecified atom stereocenters. The number of nitrogens with one attached hydrogen (secondary N) is 1. The normalized spacial score (nSPS) is 10.9. The Morgan fingerprint density at radius 2 is 1.81 bits per heavy atom. The number of nitrogen functional groups attached to an aromatic ring is 2. The number of benzene rings is 1. The van der Waals surface area contributed by atoms with Gasteiger partial charge < -0.3 is 15.9 Å². The fraction of sp³-hybridized carbons (Fsp3) is 0.143. The first-order chi connectivity index (χ1) is 15.4. The van der Waals surface area contributed by atoms with Gasteiger partial charge in [-0.3, -0.25) is 5.84 Å². The van der Waals surface area contributed by atoms with Crippen molar-refractivity contribution in [1.82, 2.24) is 19.9 Å². The SMILES string of the molecule is Cc1cnc(OCc2nc(C)c(-c3cccc(-c4cc(F)c(N)c(NN)c4F)n3)s2)nc1. The average Bonchev–Trinajstić information content (AvgIpc) is 3.17. The van der Waals surface area contributed by atoms with Gasteiger partial charge in [0.15, 0.2) is 5.82 Å². The van der Waals surface area contributed by atoms with Crippen LogP contribution in [0.25, 0.3) is 21.8 Å². The minimum atomic E-state index is -0.798. The van der Waals surface area contributed by atoms with E-state index in [2.05, 4.69) is 25.4 Å². The van der Waals surface area contributed by atoms with Crippen LogP contribution in [0, 0.1) is 25.5 Å². The molecule has 0 atom stereocenters. The summed E-state index contributed by atoms with van der Waals surface area (Å²) in [6, 6.07) is 6.31. The summed E-state index contributed by atoms with van der Waals surface area (Å²) < 4.78 is 34.6. The Morgan fingerprint density at radius 1 is 1.09 bits per heavy atom. The number of hydrogen-bond acceptors (Lipinski definition) is 9. The minimum Gasteiger partial charge on any atom is -0.456 e. The molecule has 0 amide bonds. The van der Waals surface area contributed by atoms with Crippen LogP contribution in [0.2, 0.25) is 0 Å². The molecule has 0 aliphatic carbocycles. The Bertz CT molecular complexity index is 1280. The number of rotatable bonds is 6. The van der Waals surface area contributed by atoms with Gasteiger partial charge in [0.2, 0.25) is 0 Å². The van der Waals surface area contributed by atoms with E-state index in [0.717, 1.165) is 22.2 Å². The summed E-state index contributed by atoms with van der Waals surface area (Å²) in [6.45, 7) is 3.92. The summed E-state index contributed by atoms with van der Waals surface area (Å²) in [7, 11) is 0. The molecular formula is C21H19F2N7OS. The topological polar surface area (TPSA) is 125 Å². The molecular weight excluding hydrogens is 436 g/mol. The van der Waals surface area contributed by atoms with Crippen LogP contribution >= 0.6 is 11.3 Å². The maximum Gasteiger partial charge on any atom is 0.316 e. The van der Waals surface area contributed by atoms with Crippen molar-refractivity contribution in [1.29, 1.82) is 0 Å². The number of aromatic nitrogens is 4. The van der Waals surface area contributed by atoms with Crippen LogP contribution < -0.4 is 21.7 Å². The lowest BCUT2D eigenvalue weighted by atomic mass is 10.1. The molecule has 3 heterocycles. The highest BCUT2D eigenvalue weighted by Gasteiger charge is 2.19. The zero-order chi connectivity index (χ0) is 22.8. The highest BCUT2D eigenvalue weighted by Crippen LogP contribution is 2.35. The second-order valence-corrected chi connectivity index (χ2v) is 8.00. The average molecular weight is 455 g/mol. The van der Waals surface area contributed by atoms with Crippen LogP contribution in [0.4, 0.5) is 20.2 Å². The van der Waals surface area contributed by atoms with E-state index in [1.807, 2.05) is 13.8 Å². The number of nitrogens with zero attached hydrogens (tertiary/aromatic N) is 4. The molecule has 32 heavy (non-hydrogen) atoms. The van der Waals surface area contributed by atoms with Gasteiger partial charge in [-0.1, -0.05) is 6.07 Å². The molecule has 8 nitrogen and oxygen atoms in total. The Morgan fingerprint density at radius 3 is 2.53 bits per heavy atom. The van der Waals surface area contributed by atoms with E-state index in [0.29, 0.717) is 10.7 Å². The minimum absolute atomic E-state index is 0.0613. The van der Waals surface area contributed by atoms with Crippen molar-refractivity contribution in [2.45, 2.75) is 20.5 Å². The highest BCUT2D eigenvalue weighted by molar-refractivity contribution is 7.15. The largest absolute Gasteiger partial charge is 0.456 e. The quantitative estimate of drug-likeness (QED) is 0.226. The fourth-order valence-electron chi connectivity index (χ4n) is 3.01. The Kier molecular flexibility index (Phi) is 5.93. The zero-order valence-corrected chi connectivity index (χ0v) is 18.0. The second-order valence-electron chi connectivity index (χ2n) is 6.91. The molecule has 0 aliphatic rings. The summed E-state index contributed by atoms with van der Waals surface area (Å²) in [6.07, 6.45) is 3.34. The highest BCUT2D eigenvalue weighted by atomic mass is 32.1. The Balaban J connectivity index is 1.63. The maximum atomic E-state index is 14.8. The van der Waals surface area contributed by atoms with Crippen LogP contribution in [0.1, 0.15) is 16.3 Å². The van der Waals surface area contributed by atoms with Crippen LogP contribution in [0.3, 0.4) is 0 Å². The number of pyridine rings is 1. The van der Waals surface area contributed by atoms with Gasteiger partial charge in [0.1, 0.15) is 23.1 Å². The van der Waals surface area contributed by atoms with Gasteiger partial charge in [-0.15, -0.1) is 11.3 Å². The summed E-state index contributed by atoms with van der Waals surface area (Å²) in [5, 5.41) is 0.702. The van der Waals surface area contributed by atoms with Gasteiger partial charge >= 0.3 is 6.01 Å². The van der Waals surface area contributed by atoms with E-state index < -0.39 is 17.3 Å². The monoisotopic (exact) mass is 455 g/mol. The summed E-state index contributed by atoms with van der Waals surface area (Å²) in [5.74, 6) is 3.72. The zero-order valence-electron chi connectivity index (χ0n) is 17.2.